The maximum Gasteiger partial charge on any atom is 0.280 e. The molecule has 0 aliphatic carbocycles. The minimum Gasteiger partial charge on any atom is -0.481 e. The van der Waals surface area contributed by atoms with E-state index in [1.165, 1.54) is 0 Å². The molecule has 0 aliphatic rings. The van der Waals surface area contributed by atoms with Gasteiger partial charge in [-0.05, 0) is 49.1 Å². The zero-order valence-electron chi connectivity index (χ0n) is 14.2. The molecule has 0 aliphatic heterocycles. The fourth-order valence-corrected chi connectivity index (χ4v) is 2.38. The van der Waals surface area contributed by atoms with Gasteiger partial charge in [-0.1, -0.05) is 44.2 Å². The summed E-state index contributed by atoms with van der Waals surface area (Å²) in [7, 11) is 0. The van der Waals surface area contributed by atoms with Gasteiger partial charge in [0.1, 0.15) is 5.75 Å². The van der Waals surface area contributed by atoms with Gasteiger partial charge in [0, 0.05) is 5.71 Å². The molecule has 122 valence electrons. The number of hydrazone groups is 1. The third kappa shape index (κ3) is 5.09. The maximum absolute atomic E-state index is 12.1. The summed E-state index contributed by atoms with van der Waals surface area (Å²) in [6, 6.07) is 13.8. The minimum absolute atomic E-state index is 0.249. The van der Waals surface area contributed by atoms with Gasteiger partial charge in [0.15, 0.2) is 6.10 Å². The van der Waals surface area contributed by atoms with Crippen LogP contribution in [0.3, 0.4) is 0 Å². The Bertz CT molecular complexity index is 707. The van der Waals surface area contributed by atoms with Crippen LogP contribution in [-0.4, -0.2) is 17.7 Å². The molecule has 1 atom stereocenters. The van der Waals surface area contributed by atoms with Gasteiger partial charge in [-0.3, -0.25) is 4.79 Å². The molecular formula is C19H24N2O2. The van der Waals surface area contributed by atoms with E-state index in [0.717, 1.165) is 22.9 Å². The fraction of sp³-hybridized carbons (Fsp3) is 0.368. The topological polar surface area (TPSA) is 50.7 Å². The molecule has 2 aromatic carbocycles. The molecule has 1 unspecified atom stereocenters. The van der Waals surface area contributed by atoms with Gasteiger partial charge < -0.3 is 4.74 Å². The average molecular weight is 312 g/mol. The van der Waals surface area contributed by atoms with E-state index < -0.39 is 6.10 Å². The van der Waals surface area contributed by atoms with Crippen molar-refractivity contribution in [1.82, 2.24) is 5.43 Å². The van der Waals surface area contributed by atoms with Gasteiger partial charge in [-0.2, -0.15) is 5.10 Å². The van der Waals surface area contributed by atoms with Crippen molar-refractivity contribution < 1.29 is 9.53 Å². The van der Waals surface area contributed by atoms with Crippen molar-refractivity contribution in [3.05, 3.63) is 42.5 Å². The molecular weight excluding hydrogens is 288 g/mol. The smallest absolute Gasteiger partial charge is 0.280 e. The van der Waals surface area contributed by atoms with Crippen molar-refractivity contribution in [3.8, 4) is 5.75 Å². The average Bonchev–Trinajstić information content (AvgIpc) is 2.51. The van der Waals surface area contributed by atoms with Gasteiger partial charge in [0.25, 0.3) is 5.91 Å². The molecule has 4 heteroatoms. The molecule has 0 heterocycles. The highest BCUT2D eigenvalue weighted by Crippen LogP contribution is 2.21. The third-order valence-electron chi connectivity index (χ3n) is 3.46. The van der Waals surface area contributed by atoms with Crippen LogP contribution in [0.4, 0.5) is 0 Å². The highest BCUT2D eigenvalue weighted by molar-refractivity contribution is 5.86. The molecule has 0 spiro atoms. The second-order valence-corrected chi connectivity index (χ2v) is 6.19. The van der Waals surface area contributed by atoms with Crippen LogP contribution >= 0.6 is 0 Å². The van der Waals surface area contributed by atoms with E-state index in [2.05, 4.69) is 24.4 Å². The third-order valence-corrected chi connectivity index (χ3v) is 3.46. The molecule has 1 amide bonds. The van der Waals surface area contributed by atoms with Crippen LogP contribution in [-0.2, 0) is 4.79 Å². The monoisotopic (exact) mass is 312 g/mol. The Morgan fingerprint density at radius 2 is 1.83 bits per heavy atom. The van der Waals surface area contributed by atoms with Gasteiger partial charge in [0.05, 0.1) is 0 Å². The van der Waals surface area contributed by atoms with Crippen molar-refractivity contribution in [2.45, 2.75) is 40.2 Å². The lowest BCUT2D eigenvalue weighted by Gasteiger charge is -2.14. The fourth-order valence-electron chi connectivity index (χ4n) is 2.38. The van der Waals surface area contributed by atoms with Crippen molar-refractivity contribution in [3.63, 3.8) is 0 Å². The van der Waals surface area contributed by atoms with E-state index in [-0.39, 0.29) is 5.91 Å². The minimum atomic E-state index is -0.605. The number of carbonyl (C=O) groups is 1. The molecule has 23 heavy (non-hydrogen) atoms. The quantitative estimate of drug-likeness (QED) is 0.643. The van der Waals surface area contributed by atoms with Crippen LogP contribution in [0.15, 0.2) is 47.6 Å². The van der Waals surface area contributed by atoms with Crippen molar-refractivity contribution >= 4 is 22.4 Å². The maximum atomic E-state index is 12.1. The Morgan fingerprint density at radius 3 is 2.52 bits per heavy atom. The standard InChI is InChI=1S/C19H24N2O2/c1-13(2)11-14(3)20-21-19(22)15(4)23-18-10-9-16-7-5-6-8-17(16)12-18/h5-10,12-13,15H,11H2,1-4H3,(H,21,22)/b20-14+. The van der Waals surface area contributed by atoms with E-state index in [0.29, 0.717) is 11.7 Å². The Kier molecular flexibility index (Phi) is 5.74. The lowest BCUT2D eigenvalue weighted by molar-refractivity contribution is -0.127. The second kappa shape index (κ2) is 7.77. The van der Waals surface area contributed by atoms with Crippen LogP contribution in [0.5, 0.6) is 5.75 Å². The molecule has 0 saturated carbocycles. The summed E-state index contributed by atoms with van der Waals surface area (Å²) in [4.78, 5) is 12.1. The number of benzene rings is 2. The molecule has 4 nitrogen and oxygen atoms in total. The largest absolute Gasteiger partial charge is 0.481 e. The zero-order chi connectivity index (χ0) is 16.8. The zero-order valence-corrected chi connectivity index (χ0v) is 14.2. The normalized spacial score (nSPS) is 13.2. The second-order valence-electron chi connectivity index (χ2n) is 6.19. The number of nitrogens with one attached hydrogen (secondary N) is 1. The lowest BCUT2D eigenvalue weighted by atomic mass is 10.1. The Labute approximate surface area is 137 Å². The number of hydrogen-bond donors (Lipinski definition) is 1. The van der Waals surface area contributed by atoms with Crippen molar-refractivity contribution in [2.24, 2.45) is 11.0 Å². The highest BCUT2D eigenvalue weighted by atomic mass is 16.5. The number of fused-ring (bicyclic) bond motifs is 1. The molecule has 2 rings (SSSR count). The first-order chi connectivity index (χ1) is 11.0. The Hall–Kier alpha value is -2.36. The molecule has 0 aromatic heterocycles. The van der Waals surface area contributed by atoms with Crippen molar-refractivity contribution in [2.75, 3.05) is 0 Å². The number of rotatable bonds is 6. The number of nitrogens with zero attached hydrogens (tertiary/aromatic N) is 1. The summed E-state index contributed by atoms with van der Waals surface area (Å²) in [5.41, 5.74) is 3.48. The number of amides is 1. The van der Waals surface area contributed by atoms with Crippen LogP contribution in [0, 0.1) is 5.92 Å². The van der Waals surface area contributed by atoms with E-state index in [9.17, 15) is 4.79 Å². The first-order valence-corrected chi connectivity index (χ1v) is 7.94. The van der Waals surface area contributed by atoms with Gasteiger partial charge >= 0.3 is 0 Å². The van der Waals surface area contributed by atoms with Gasteiger partial charge in [-0.15, -0.1) is 0 Å². The number of ether oxygens (including phenoxy) is 1. The molecule has 0 saturated heterocycles. The first kappa shape index (κ1) is 17.0. The predicted octanol–water partition coefficient (Wildman–Crippen LogP) is 4.15. The SMILES string of the molecule is C/C(CC(C)C)=N\NC(=O)C(C)Oc1ccc2ccccc2c1. The van der Waals surface area contributed by atoms with Crippen LogP contribution in [0.1, 0.15) is 34.1 Å². The number of hydrogen-bond acceptors (Lipinski definition) is 3. The van der Waals surface area contributed by atoms with E-state index in [4.69, 9.17) is 4.74 Å². The molecule has 0 radical (unpaired) electrons. The molecule has 2 aromatic rings. The Balaban J connectivity index is 1.96. The van der Waals surface area contributed by atoms with Crippen LogP contribution < -0.4 is 10.2 Å². The Morgan fingerprint density at radius 1 is 1.13 bits per heavy atom. The van der Waals surface area contributed by atoms with Crippen molar-refractivity contribution in [1.29, 1.82) is 0 Å². The summed E-state index contributed by atoms with van der Waals surface area (Å²) < 4.78 is 5.72. The van der Waals surface area contributed by atoms with Crippen LogP contribution in [0.25, 0.3) is 10.8 Å². The van der Waals surface area contributed by atoms with E-state index in [1.54, 1.807) is 6.92 Å². The van der Waals surface area contributed by atoms with Gasteiger partial charge in [-0.25, -0.2) is 5.43 Å². The lowest BCUT2D eigenvalue weighted by Crippen LogP contribution is -2.33. The molecule has 0 fully saturated rings. The van der Waals surface area contributed by atoms with Gasteiger partial charge in [0.2, 0.25) is 0 Å². The van der Waals surface area contributed by atoms with Crippen LogP contribution in [0.2, 0.25) is 0 Å². The molecule has 0 bridgehead atoms. The van der Waals surface area contributed by atoms with E-state index >= 15 is 0 Å². The summed E-state index contributed by atoms with van der Waals surface area (Å²) in [6.45, 7) is 7.87. The predicted molar refractivity (Wildman–Crippen MR) is 94.7 cm³/mol. The summed E-state index contributed by atoms with van der Waals surface area (Å²) in [5, 5.41) is 6.34. The summed E-state index contributed by atoms with van der Waals surface area (Å²) >= 11 is 0. The summed E-state index contributed by atoms with van der Waals surface area (Å²) in [5.74, 6) is 0.942. The summed E-state index contributed by atoms with van der Waals surface area (Å²) in [6.07, 6.45) is 0.256. The first-order valence-electron chi connectivity index (χ1n) is 7.94. The highest BCUT2D eigenvalue weighted by Gasteiger charge is 2.14. The van der Waals surface area contributed by atoms with E-state index in [1.807, 2.05) is 49.4 Å². The number of carbonyl (C=O) groups excluding carboxylic acids is 1. The molecule has 1 N–H and O–H groups in total.